The fourth-order valence-electron chi connectivity index (χ4n) is 1.58. The van der Waals surface area contributed by atoms with Crippen molar-refractivity contribution in [3.05, 3.63) is 30.2 Å². The molecule has 7 heteroatoms. The van der Waals surface area contributed by atoms with Crippen LogP contribution >= 0.6 is 0 Å². The van der Waals surface area contributed by atoms with E-state index in [1.54, 1.807) is 6.07 Å². The quantitative estimate of drug-likeness (QED) is 0.863. The Labute approximate surface area is 121 Å². The van der Waals surface area contributed by atoms with Crippen LogP contribution in [0.5, 0.6) is 5.88 Å². The number of aromatic nitrogens is 3. The van der Waals surface area contributed by atoms with Gasteiger partial charge in [0.2, 0.25) is 5.88 Å². The number of nitrogen functional groups attached to an aromatic ring is 1. The van der Waals surface area contributed by atoms with Crippen molar-refractivity contribution in [3.8, 4) is 17.3 Å². The summed E-state index contributed by atoms with van der Waals surface area (Å²) in [6.07, 6.45) is 2.99. The molecule has 7 nitrogen and oxygen atoms in total. The maximum Gasteiger partial charge on any atom is 0.356 e. The highest BCUT2D eigenvalue weighted by atomic mass is 16.5. The Kier molecular flexibility index (Phi) is 4.32. The van der Waals surface area contributed by atoms with Gasteiger partial charge in [-0.2, -0.15) is 0 Å². The molecule has 0 amide bonds. The summed E-state index contributed by atoms with van der Waals surface area (Å²) >= 11 is 0. The van der Waals surface area contributed by atoms with Gasteiger partial charge in [0, 0.05) is 0 Å². The molecule has 110 valence electrons. The van der Waals surface area contributed by atoms with Crippen LogP contribution in [0.4, 0.5) is 5.69 Å². The third-order valence-corrected chi connectivity index (χ3v) is 2.57. The maximum absolute atomic E-state index is 11.0. The minimum Gasteiger partial charge on any atom is -0.476 e. The maximum atomic E-state index is 11.0. The van der Waals surface area contributed by atoms with Gasteiger partial charge in [0.05, 0.1) is 30.4 Å². The molecule has 0 bridgehead atoms. The minimum absolute atomic E-state index is 0.103. The van der Waals surface area contributed by atoms with Crippen LogP contribution in [0.1, 0.15) is 24.3 Å². The Morgan fingerprint density at radius 2 is 2.05 bits per heavy atom. The van der Waals surface area contributed by atoms with Crippen LogP contribution in [-0.4, -0.2) is 32.6 Å². The van der Waals surface area contributed by atoms with Crippen molar-refractivity contribution in [2.75, 3.05) is 12.3 Å². The van der Waals surface area contributed by atoms with E-state index >= 15 is 0 Å². The van der Waals surface area contributed by atoms with E-state index in [0.717, 1.165) is 0 Å². The lowest BCUT2D eigenvalue weighted by atomic mass is 10.2. The Hall–Kier alpha value is -2.70. The third kappa shape index (κ3) is 3.65. The number of nitrogens with zero attached hydrogens (tertiary/aromatic N) is 3. The lowest BCUT2D eigenvalue weighted by Gasteiger charge is -2.08. The van der Waals surface area contributed by atoms with E-state index in [2.05, 4.69) is 15.0 Å². The lowest BCUT2D eigenvalue weighted by Crippen LogP contribution is -2.08. The van der Waals surface area contributed by atoms with Gasteiger partial charge in [0.1, 0.15) is 5.69 Å². The van der Waals surface area contributed by atoms with Crippen molar-refractivity contribution >= 4 is 11.7 Å². The number of carbonyl (C=O) groups is 1. The molecule has 0 aliphatic carbocycles. The molecular weight excluding hydrogens is 272 g/mol. The molecular formula is C14H16N4O3. The molecule has 0 radical (unpaired) electrons. The van der Waals surface area contributed by atoms with Crippen molar-refractivity contribution in [2.45, 2.75) is 13.8 Å². The highest BCUT2D eigenvalue weighted by Gasteiger charge is 2.13. The van der Waals surface area contributed by atoms with E-state index in [0.29, 0.717) is 29.8 Å². The second-order valence-corrected chi connectivity index (χ2v) is 4.89. The summed E-state index contributed by atoms with van der Waals surface area (Å²) in [5.74, 6) is -0.449. The average Bonchev–Trinajstić information content (AvgIpc) is 2.45. The standard InChI is InChI=1S/C14H16N4O3/c1-8(2)7-21-12-6-16-5-11(17-12)10-4-3-9(15)13(18-10)14(19)20/h3-6,8H,7,15H2,1-2H3,(H,19,20). The fraction of sp³-hybridized carbons (Fsp3) is 0.286. The fourth-order valence-corrected chi connectivity index (χ4v) is 1.58. The monoisotopic (exact) mass is 288 g/mol. The topological polar surface area (TPSA) is 111 Å². The minimum atomic E-state index is -1.19. The molecule has 0 aliphatic rings. The van der Waals surface area contributed by atoms with E-state index in [9.17, 15) is 4.79 Å². The summed E-state index contributed by atoms with van der Waals surface area (Å²) in [6.45, 7) is 4.57. The van der Waals surface area contributed by atoms with E-state index in [4.69, 9.17) is 15.6 Å². The number of nitrogens with two attached hydrogens (primary N) is 1. The highest BCUT2D eigenvalue weighted by Crippen LogP contribution is 2.20. The number of rotatable bonds is 5. The van der Waals surface area contributed by atoms with Crippen molar-refractivity contribution in [1.29, 1.82) is 0 Å². The normalized spacial score (nSPS) is 10.6. The van der Waals surface area contributed by atoms with E-state index in [1.165, 1.54) is 18.5 Å². The van der Waals surface area contributed by atoms with Gasteiger partial charge in [0.25, 0.3) is 0 Å². The molecule has 2 aromatic rings. The number of hydrogen-bond donors (Lipinski definition) is 2. The van der Waals surface area contributed by atoms with Gasteiger partial charge in [-0.25, -0.2) is 14.8 Å². The summed E-state index contributed by atoms with van der Waals surface area (Å²) < 4.78 is 5.49. The Morgan fingerprint density at radius 3 is 2.71 bits per heavy atom. The molecule has 0 saturated carbocycles. The number of pyridine rings is 1. The van der Waals surface area contributed by atoms with Crippen molar-refractivity contribution in [1.82, 2.24) is 15.0 Å². The van der Waals surface area contributed by atoms with E-state index in [1.807, 2.05) is 13.8 Å². The van der Waals surface area contributed by atoms with Crippen LogP contribution in [0.3, 0.4) is 0 Å². The molecule has 21 heavy (non-hydrogen) atoms. The molecule has 2 rings (SSSR count). The second kappa shape index (κ2) is 6.17. The molecule has 0 fully saturated rings. The predicted octanol–water partition coefficient (Wildman–Crippen LogP) is 1.85. The van der Waals surface area contributed by atoms with E-state index in [-0.39, 0.29) is 11.4 Å². The number of hydrogen-bond acceptors (Lipinski definition) is 6. The summed E-state index contributed by atoms with van der Waals surface area (Å²) in [6, 6.07) is 3.08. The summed E-state index contributed by atoms with van der Waals surface area (Å²) in [5, 5.41) is 9.03. The van der Waals surface area contributed by atoms with Gasteiger partial charge in [-0.05, 0) is 18.1 Å². The molecule has 0 aromatic carbocycles. The zero-order chi connectivity index (χ0) is 15.4. The molecule has 0 unspecified atom stereocenters. The first-order valence-corrected chi connectivity index (χ1v) is 6.42. The van der Waals surface area contributed by atoms with Gasteiger partial charge >= 0.3 is 5.97 Å². The van der Waals surface area contributed by atoms with Crippen LogP contribution < -0.4 is 10.5 Å². The smallest absolute Gasteiger partial charge is 0.356 e. The number of aromatic carboxylic acids is 1. The molecule has 0 saturated heterocycles. The molecule has 2 heterocycles. The summed E-state index contributed by atoms with van der Waals surface area (Å²) in [4.78, 5) is 23.3. The van der Waals surface area contributed by atoms with Gasteiger partial charge < -0.3 is 15.6 Å². The Morgan fingerprint density at radius 1 is 1.29 bits per heavy atom. The first kappa shape index (κ1) is 14.7. The molecule has 0 atom stereocenters. The van der Waals surface area contributed by atoms with E-state index < -0.39 is 5.97 Å². The van der Waals surface area contributed by atoms with Crippen LogP contribution in [0, 0.1) is 5.92 Å². The van der Waals surface area contributed by atoms with Crippen LogP contribution in [0.2, 0.25) is 0 Å². The highest BCUT2D eigenvalue weighted by molar-refractivity contribution is 5.91. The predicted molar refractivity (Wildman–Crippen MR) is 77.0 cm³/mol. The van der Waals surface area contributed by atoms with Crippen LogP contribution in [-0.2, 0) is 0 Å². The number of carboxylic acid groups (broad SMARTS) is 1. The van der Waals surface area contributed by atoms with Crippen molar-refractivity contribution in [3.63, 3.8) is 0 Å². The SMILES string of the molecule is CC(C)COc1cncc(-c2ccc(N)c(C(=O)O)n2)n1. The van der Waals surface area contributed by atoms with Gasteiger partial charge in [-0.1, -0.05) is 13.8 Å². The van der Waals surface area contributed by atoms with Gasteiger partial charge in [-0.3, -0.25) is 4.98 Å². The van der Waals surface area contributed by atoms with Gasteiger partial charge in [-0.15, -0.1) is 0 Å². The number of ether oxygens (including phenoxy) is 1. The zero-order valence-corrected chi connectivity index (χ0v) is 11.8. The molecule has 0 aliphatic heterocycles. The Balaban J connectivity index is 2.31. The molecule has 2 aromatic heterocycles. The van der Waals surface area contributed by atoms with Crippen LogP contribution in [0.25, 0.3) is 11.4 Å². The summed E-state index contributed by atoms with van der Waals surface area (Å²) in [7, 11) is 0. The zero-order valence-electron chi connectivity index (χ0n) is 11.8. The largest absolute Gasteiger partial charge is 0.476 e. The summed E-state index contributed by atoms with van der Waals surface area (Å²) in [5.41, 5.74) is 6.28. The first-order chi connectivity index (χ1) is 9.97. The molecule has 3 N–H and O–H groups in total. The van der Waals surface area contributed by atoms with Gasteiger partial charge in [0.15, 0.2) is 5.69 Å². The van der Waals surface area contributed by atoms with Crippen molar-refractivity contribution in [2.24, 2.45) is 5.92 Å². The van der Waals surface area contributed by atoms with Crippen LogP contribution in [0.15, 0.2) is 24.5 Å². The molecule has 0 spiro atoms. The number of carboxylic acids is 1. The second-order valence-electron chi connectivity index (χ2n) is 4.89. The average molecular weight is 288 g/mol. The lowest BCUT2D eigenvalue weighted by molar-refractivity contribution is 0.0692. The first-order valence-electron chi connectivity index (χ1n) is 6.42. The number of anilines is 1. The third-order valence-electron chi connectivity index (χ3n) is 2.57. The Bertz CT molecular complexity index is 658. The van der Waals surface area contributed by atoms with Crippen molar-refractivity contribution < 1.29 is 14.6 Å².